The molecule has 0 bridgehead atoms. The second-order valence-corrected chi connectivity index (χ2v) is 6.36. The molecule has 0 spiro atoms. The molecule has 2 N–H and O–H groups in total. The Labute approximate surface area is 158 Å². The fraction of sp³-hybridized carbons (Fsp3) is 0.111. The van der Waals surface area contributed by atoms with Crippen molar-refractivity contribution >= 4 is 28.4 Å². The molecular formula is C18H14ClFN6O. The zero-order valence-corrected chi connectivity index (χ0v) is 14.7. The lowest BCUT2D eigenvalue weighted by atomic mass is 10.1. The van der Waals surface area contributed by atoms with Gasteiger partial charge in [0.1, 0.15) is 12.1 Å². The molecule has 0 aliphatic carbocycles. The number of amides is 1. The molecule has 2 aromatic heterocycles. The first kappa shape index (κ1) is 17.2. The van der Waals surface area contributed by atoms with Crippen molar-refractivity contribution in [2.24, 2.45) is 0 Å². The van der Waals surface area contributed by atoms with E-state index < -0.39 is 11.7 Å². The van der Waals surface area contributed by atoms with Gasteiger partial charge in [0.2, 0.25) is 0 Å². The molecule has 136 valence electrons. The van der Waals surface area contributed by atoms with Gasteiger partial charge in [-0.2, -0.15) is 4.68 Å². The first-order valence-electron chi connectivity index (χ1n) is 8.18. The summed E-state index contributed by atoms with van der Waals surface area (Å²) < 4.78 is 15.0. The highest BCUT2D eigenvalue weighted by molar-refractivity contribution is 6.31. The van der Waals surface area contributed by atoms with E-state index in [4.69, 9.17) is 11.6 Å². The predicted octanol–water partition coefficient (Wildman–Crippen LogP) is 2.91. The average Bonchev–Trinajstić information content (AvgIpc) is 3.32. The van der Waals surface area contributed by atoms with Crippen LogP contribution < -0.4 is 5.32 Å². The van der Waals surface area contributed by atoms with Crippen molar-refractivity contribution in [1.29, 1.82) is 0 Å². The number of carbonyl (C=O) groups excluding carboxylic acids is 1. The lowest BCUT2D eigenvalue weighted by Gasteiger charge is -2.09. The van der Waals surface area contributed by atoms with Gasteiger partial charge in [0.15, 0.2) is 0 Å². The highest BCUT2D eigenvalue weighted by atomic mass is 35.5. The van der Waals surface area contributed by atoms with E-state index in [-0.39, 0.29) is 5.56 Å². The number of hydrogen-bond donors (Lipinski definition) is 2. The van der Waals surface area contributed by atoms with E-state index in [9.17, 15) is 9.18 Å². The third-order valence-electron chi connectivity index (χ3n) is 4.21. The highest BCUT2D eigenvalue weighted by Gasteiger charge is 2.15. The SMILES string of the molecule is O=C(NCCc1c[nH]c2ccc(Cl)cc12)c1cc(F)ccc1-n1cnnn1. The maximum Gasteiger partial charge on any atom is 0.253 e. The van der Waals surface area contributed by atoms with Crippen LogP contribution in [0.5, 0.6) is 0 Å². The minimum absolute atomic E-state index is 0.157. The van der Waals surface area contributed by atoms with Gasteiger partial charge in [-0.3, -0.25) is 4.79 Å². The minimum atomic E-state index is -0.511. The van der Waals surface area contributed by atoms with Gasteiger partial charge >= 0.3 is 0 Å². The number of carbonyl (C=O) groups is 1. The summed E-state index contributed by atoms with van der Waals surface area (Å²) in [5, 5.41) is 15.3. The molecule has 4 rings (SSSR count). The van der Waals surface area contributed by atoms with Crippen molar-refractivity contribution in [3.05, 3.63) is 70.9 Å². The fourth-order valence-corrected chi connectivity index (χ4v) is 3.10. The molecule has 0 aliphatic rings. The number of aromatic nitrogens is 5. The highest BCUT2D eigenvalue weighted by Crippen LogP contribution is 2.22. The number of fused-ring (bicyclic) bond motifs is 1. The second-order valence-electron chi connectivity index (χ2n) is 5.93. The zero-order chi connectivity index (χ0) is 18.8. The Kier molecular flexibility index (Phi) is 4.55. The van der Waals surface area contributed by atoms with Crippen LogP contribution in [0.4, 0.5) is 4.39 Å². The number of tetrazole rings is 1. The van der Waals surface area contributed by atoms with Gasteiger partial charge in [-0.25, -0.2) is 4.39 Å². The van der Waals surface area contributed by atoms with Gasteiger partial charge in [0.05, 0.1) is 11.3 Å². The Balaban J connectivity index is 1.50. The predicted molar refractivity (Wildman–Crippen MR) is 98.5 cm³/mol. The molecule has 2 heterocycles. The van der Waals surface area contributed by atoms with Crippen molar-refractivity contribution in [2.45, 2.75) is 6.42 Å². The lowest BCUT2D eigenvalue weighted by Crippen LogP contribution is -2.27. The lowest BCUT2D eigenvalue weighted by molar-refractivity contribution is 0.0953. The van der Waals surface area contributed by atoms with Gasteiger partial charge < -0.3 is 10.3 Å². The van der Waals surface area contributed by atoms with Crippen LogP contribution in [-0.4, -0.2) is 37.6 Å². The van der Waals surface area contributed by atoms with Crippen molar-refractivity contribution in [2.75, 3.05) is 6.54 Å². The van der Waals surface area contributed by atoms with Crippen molar-refractivity contribution < 1.29 is 9.18 Å². The van der Waals surface area contributed by atoms with Gasteiger partial charge in [-0.1, -0.05) is 11.6 Å². The van der Waals surface area contributed by atoms with E-state index in [1.807, 2.05) is 24.4 Å². The van der Waals surface area contributed by atoms with Crippen LogP contribution in [0, 0.1) is 5.82 Å². The summed E-state index contributed by atoms with van der Waals surface area (Å²) >= 11 is 6.06. The van der Waals surface area contributed by atoms with Crippen LogP contribution in [0.15, 0.2) is 48.9 Å². The summed E-state index contributed by atoms with van der Waals surface area (Å²) in [5.41, 5.74) is 2.57. The Bertz CT molecular complexity index is 1110. The standard InChI is InChI=1S/C18H14ClFN6O/c19-12-1-3-16-14(7-12)11(9-22-16)5-6-21-18(27)15-8-13(20)2-4-17(15)26-10-23-24-25-26/h1-4,7-10,22H,5-6H2,(H,21,27). The summed E-state index contributed by atoms with van der Waals surface area (Å²) in [6.07, 6.45) is 3.84. The monoisotopic (exact) mass is 384 g/mol. The molecule has 0 saturated carbocycles. The molecule has 0 radical (unpaired) electrons. The zero-order valence-electron chi connectivity index (χ0n) is 14.0. The van der Waals surface area contributed by atoms with E-state index in [1.54, 1.807) is 0 Å². The Hall–Kier alpha value is -3.26. The summed E-state index contributed by atoms with van der Waals surface area (Å²) in [7, 11) is 0. The van der Waals surface area contributed by atoms with Gasteiger partial charge in [-0.05, 0) is 58.8 Å². The quantitative estimate of drug-likeness (QED) is 0.553. The molecule has 27 heavy (non-hydrogen) atoms. The molecule has 4 aromatic rings. The number of nitrogens with zero attached hydrogens (tertiary/aromatic N) is 4. The van der Waals surface area contributed by atoms with Crippen molar-refractivity contribution in [1.82, 2.24) is 30.5 Å². The molecule has 9 heteroatoms. The molecule has 1 amide bonds. The molecule has 7 nitrogen and oxygen atoms in total. The largest absolute Gasteiger partial charge is 0.361 e. The van der Waals surface area contributed by atoms with Crippen molar-refractivity contribution in [3.63, 3.8) is 0 Å². The first-order chi connectivity index (χ1) is 13.1. The molecule has 2 aromatic carbocycles. The Morgan fingerprint density at radius 2 is 2.15 bits per heavy atom. The number of H-pyrrole nitrogens is 1. The third kappa shape index (κ3) is 3.52. The smallest absolute Gasteiger partial charge is 0.253 e. The summed E-state index contributed by atoms with van der Waals surface area (Å²) in [5.74, 6) is -0.916. The van der Waals surface area contributed by atoms with E-state index in [1.165, 1.54) is 23.1 Å². The summed E-state index contributed by atoms with van der Waals surface area (Å²) in [6.45, 7) is 0.379. The number of halogens is 2. The Morgan fingerprint density at radius 1 is 1.26 bits per heavy atom. The maximum atomic E-state index is 13.6. The van der Waals surface area contributed by atoms with E-state index in [2.05, 4.69) is 25.8 Å². The molecule has 0 saturated heterocycles. The second kappa shape index (κ2) is 7.16. The fourth-order valence-electron chi connectivity index (χ4n) is 2.92. The number of rotatable bonds is 5. The molecule has 0 atom stereocenters. The molecular weight excluding hydrogens is 371 g/mol. The van der Waals surface area contributed by atoms with Crippen molar-refractivity contribution in [3.8, 4) is 5.69 Å². The van der Waals surface area contributed by atoms with Gasteiger partial charge in [0, 0.05) is 28.7 Å². The van der Waals surface area contributed by atoms with Crippen LogP contribution in [0.1, 0.15) is 15.9 Å². The average molecular weight is 385 g/mol. The summed E-state index contributed by atoms with van der Waals surface area (Å²) in [6, 6.07) is 9.48. The van der Waals surface area contributed by atoms with Gasteiger partial charge in [0.25, 0.3) is 5.91 Å². The van der Waals surface area contributed by atoms with Crippen LogP contribution in [0.2, 0.25) is 5.02 Å². The number of hydrogen-bond acceptors (Lipinski definition) is 4. The normalized spacial score (nSPS) is 11.0. The third-order valence-corrected chi connectivity index (χ3v) is 4.44. The topological polar surface area (TPSA) is 88.5 Å². The van der Waals surface area contributed by atoms with Crippen LogP contribution >= 0.6 is 11.6 Å². The minimum Gasteiger partial charge on any atom is -0.361 e. The number of aromatic amines is 1. The van der Waals surface area contributed by atoms with E-state index in [0.29, 0.717) is 23.7 Å². The Morgan fingerprint density at radius 3 is 2.96 bits per heavy atom. The summed E-state index contributed by atoms with van der Waals surface area (Å²) in [4.78, 5) is 15.7. The van der Waals surface area contributed by atoms with E-state index >= 15 is 0 Å². The number of benzene rings is 2. The van der Waals surface area contributed by atoms with Gasteiger partial charge in [-0.15, -0.1) is 5.10 Å². The van der Waals surface area contributed by atoms with E-state index in [0.717, 1.165) is 22.5 Å². The number of nitrogens with one attached hydrogen (secondary N) is 2. The molecule has 0 aliphatic heterocycles. The van der Waals surface area contributed by atoms with Crippen LogP contribution in [-0.2, 0) is 6.42 Å². The molecule has 0 fully saturated rings. The molecule has 0 unspecified atom stereocenters. The van der Waals surface area contributed by atoms with Crippen LogP contribution in [0.3, 0.4) is 0 Å². The first-order valence-corrected chi connectivity index (χ1v) is 8.56. The maximum absolute atomic E-state index is 13.6. The van der Waals surface area contributed by atoms with Crippen LogP contribution in [0.25, 0.3) is 16.6 Å².